The van der Waals surface area contributed by atoms with Gasteiger partial charge in [0.05, 0.1) is 0 Å². The molecule has 0 aromatic heterocycles. The van der Waals surface area contributed by atoms with Gasteiger partial charge >= 0.3 is 0 Å². The van der Waals surface area contributed by atoms with E-state index in [0.29, 0.717) is 17.1 Å². The Morgan fingerprint density at radius 3 is 2.80 bits per heavy atom. The van der Waals surface area contributed by atoms with Crippen LogP contribution in [-0.4, -0.2) is 5.78 Å². The molecule has 0 radical (unpaired) electrons. The minimum atomic E-state index is 0.334. The lowest BCUT2D eigenvalue weighted by atomic mass is 9.55. The SMILES string of the molecule is CC(=O)[C@@H]1CCC2C=CC[C@@H](C)[C@]2(C)C1. The molecule has 0 spiro atoms. The Hall–Kier alpha value is -0.590. The van der Waals surface area contributed by atoms with Crippen molar-refractivity contribution >= 4 is 5.78 Å². The van der Waals surface area contributed by atoms with Gasteiger partial charge in [0.15, 0.2) is 0 Å². The number of rotatable bonds is 1. The summed E-state index contributed by atoms with van der Waals surface area (Å²) in [5.41, 5.74) is 0.378. The van der Waals surface area contributed by atoms with Gasteiger partial charge in [-0.05, 0) is 49.9 Å². The van der Waals surface area contributed by atoms with Gasteiger partial charge < -0.3 is 0 Å². The summed E-state index contributed by atoms with van der Waals surface area (Å²) in [6.45, 7) is 6.50. The summed E-state index contributed by atoms with van der Waals surface area (Å²) < 4.78 is 0. The number of allylic oxidation sites excluding steroid dienone is 2. The fraction of sp³-hybridized carbons (Fsp3) is 0.786. The Balaban J connectivity index is 2.20. The number of Topliss-reactive ketones (excluding diaryl/α,β-unsaturated/α-hetero) is 1. The van der Waals surface area contributed by atoms with Crippen molar-refractivity contribution in [1.29, 1.82) is 0 Å². The topological polar surface area (TPSA) is 17.1 Å². The summed E-state index contributed by atoms with van der Waals surface area (Å²) in [6.07, 6.45) is 9.35. The zero-order valence-electron chi connectivity index (χ0n) is 10.1. The first-order valence-corrected chi connectivity index (χ1v) is 6.21. The van der Waals surface area contributed by atoms with E-state index in [0.717, 1.165) is 24.7 Å². The van der Waals surface area contributed by atoms with E-state index in [1.165, 1.54) is 12.8 Å². The van der Waals surface area contributed by atoms with E-state index < -0.39 is 0 Å². The summed E-state index contributed by atoms with van der Waals surface area (Å²) in [4.78, 5) is 11.5. The van der Waals surface area contributed by atoms with Crippen LogP contribution in [0.5, 0.6) is 0 Å². The minimum Gasteiger partial charge on any atom is -0.300 e. The first-order valence-electron chi connectivity index (χ1n) is 6.21. The van der Waals surface area contributed by atoms with Gasteiger partial charge in [-0.2, -0.15) is 0 Å². The lowest BCUT2D eigenvalue weighted by Gasteiger charge is -2.49. The van der Waals surface area contributed by atoms with Gasteiger partial charge in [-0.15, -0.1) is 0 Å². The molecule has 0 aromatic carbocycles. The summed E-state index contributed by atoms with van der Waals surface area (Å²) in [6, 6.07) is 0. The molecule has 0 amide bonds. The Morgan fingerprint density at radius 2 is 2.13 bits per heavy atom. The van der Waals surface area contributed by atoms with Crippen LogP contribution in [0.15, 0.2) is 12.2 Å². The highest BCUT2D eigenvalue weighted by Crippen LogP contribution is 2.52. The fourth-order valence-electron chi connectivity index (χ4n) is 3.44. The second-order valence-corrected chi connectivity index (χ2v) is 5.77. The molecule has 15 heavy (non-hydrogen) atoms. The number of carbonyl (C=O) groups is 1. The zero-order chi connectivity index (χ0) is 11.1. The van der Waals surface area contributed by atoms with Gasteiger partial charge in [0, 0.05) is 5.92 Å². The van der Waals surface area contributed by atoms with Gasteiger partial charge in [0.2, 0.25) is 0 Å². The largest absolute Gasteiger partial charge is 0.300 e. The van der Waals surface area contributed by atoms with Crippen LogP contribution >= 0.6 is 0 Å². The maximum atomic E-state index is 11.5. The van der Waals surface area contributed by atoms with Crippen molar-refractivity contribution in [3.63, 3.8) is 0 Å². The van der Waals surface area contributed by atoms with E-state index >= 15 is 0 Å². The molecule has 1 unspecified atom stereocenters. The molecule has 0 heterocycles. The molecular weight excluding hydrogens is 184 g/mol. The average Bonchev–Trinajstić information content (AvgIpc) is 2.19. The van der Waals surface area contributed by atoms with Crippen molar-refractivity contribution in [2.24, 2.45) is 23.2 Å². The molecule has 1 fully saturated rings. The summed E-state index contributed by atoms with van der Waals surface area (Å²) in [7, 11) is 0. The Morgan fingerprint density at radius 1 is 1.40 bits per heavy atom. The molecular formula is C14H22O. The Bertz CT molecular complexity index is 292. The lowest BCUT2D eigenvalue weighted by Crippen LogP contribution is -2.42. The molecule has 4 atom stereocenters. The molecule has 2 aliphatic carbocycles. The third-order valence-corrected chi connectivity index (χ3v) is 4.92. The second-order valence-electron chi connectivity index (χ2n) is 5.77. The van der Waals surface area contributed by atoms with Crippen LogP contribution in [0.4, 0.5) is 0 Å². The van der Waals surface area contributed by atoms with Crippen LogP contribution in [0.2, 0.25) is 0 Å². The number of ketones is 1. The lowest BCUT2D eigenvalue weighted by molar-refractivity contribution is -0.124. The zero-order valence-corrected chi connectivity index (χ0v) is 10.1. The van der Waals surface area contributed by atoms with Crippen molar-refractivity contribution < 1.29 is 4.79 Å². The highest BCUT2D eigenvalue weighted by molar-refractivity contribution is 5.78. The minimum absolute atomic E-state index is 0.334. The second kappa shape index (κ2) is 3.77. The predicted octanol–water partition coefficient (Wildman–Crippen LogP) is 3.59. The molecule has 0 aromatic rings. The van der Waals surface area contributed by atoms with Gasteiger partial charge in [-0.1, -0.05) is 26.0 Å². The molecule has 1 heteroatoms. The monoisotopic (exact) mass is 206 g/mol. The molecule has 0 N–H and O–H groups in total. The predicted molar refractivity (Wildman–Crippen MR) is 62.5 cm³/mol. The molecule has 1 nitrogen and oxygen atoms in total. The third kappa shape index (κ3) is 1.77. The smallest absolute Gasteiger partial charge is 0.132 e. The maximum Gasteiger partial charge on any atom is 0.132 e. The van der Waals surface area contributed by atoms with Crippen LogP contribution in [0.3, 0.4) is 0 Å². The van der Waals surface area contributed by atoms with E-state index in [1.54, 1.807) is 6.92 Å². The molecule has 0 bridgehead atoms. The van der Waals surface area contributed by atoms with Crippen LogP contribution in [0.1, 0.15) is 46.5 Å². The van der Waals surface area contributed by atoms with E-state index in [-0.39, 0.29) is 0 Å². The van der Waals surface area contributed by atoms with Crippen molar-refractivity contribution in [3.05, 3.63) is 12.2 Å². The third-order valence-electron chi connectivity index (χ3n) is 4.92. The fourth-order valence-corrected chi connectivity index (χ4v) is 3.44. The molecule has 2 aliphatic rings. The maximum absolute atomic E-state index is 11.5. The van der Waals surface area contributed by atoms with Gasteiger partial charge in [-0.25, -0.2) is 0 Å². The van der Waals surface area contributed by atoms with E-state index in [2.05, 4.69) is 26.0 Å². The van der Waals surface area contributed by atoms with Crippen LogP contribution in [0, 0.1) is 23.2 Å². The van der Waals surface area contributed by atoms with E-state index in [1.807, 2.05) is 0 Å². The van der Waals surface area contributed by atoms with Crippen LogP contribution in [-0.2, 0) is 4.79 Å². The first kappa shape index (κ1) is 10.9. The van der Waals surface area contributed by atoms with Gasteiger partial charge in [0.25, 0.3) is 0 Å². The molecule has 2 rings (SSSR count). The number of carbonyl (C=O) groups excluding carboxylic acids is 1. The number of hydrogen-bond donors (Lipinski definition) is 0. The normalized spacial score (nSPS) is 44.9. The highest BCUT2D eigenvalue weighted by atomic mass is 16.1. The van der Waals surface area contributed by atoms with Crippen molar-refractivity contribution in [1.82, 2.24) is 0 Å². The Kier molecular flexibility index (Phi) is 2.74. The molecule has 84 valence electrons. The van der Waals surface area contributed by atoms with Crippen LogP contribution in [0.25, 0.3) is 0 Å². The molecule has 0 aliphatic heterocycles. The highest BCUT2D eigenvalue weighted by Gasteiger charge is 2.44. The van der Waals surface area contributed by atoms with Crippen LogP contribution < -0.4 is 0 Å². The van der Waals surface area contributed by atoms with Crippen molar-refractivity contribution in [3.8, 4) is 0 Å². The Labute approximate surface area is 92.9 Å². The van der Waals surface area contributed by atoms with E-state index in [9.17, 15) is 4.79 Å². The van der Waals surface area contributed by atoms with Crippen molar-refractivity contribution in [2.75, 3.05) is 0 Å². The van der Waals surface area contributed by atoms with Gasteiger partial charge in [0.1, 0.15) is 5.78 Å². The van der Waals surface area contributed by atoms with E-state index in [4.69, 9.17) is 0 Å². The summed E-state index contributed by atoms with van der Waals surface area (Å²) in [5, 5.41) is 0. The summed E-state index contributed by atoms with van der Waals surface area (Å²) >= 11 is 0. The quantitative estimate of drug-likeness (QED) is 0.599. The standard InChI is InChI=1S/C14H22O/c1-10-5-4-6-13-8-7-12(11(2)15)9-14(10,13)3/h4,6,10,12-13H,5,7-9H2,1-3H3/t10-,12-,13?,14+/m1/s1. The first-order chi connectivity index (χ1) is 7.04. The average molecular weight is 206 g/mol. The molecule has 0 saturated heterocycles. The summed E-state index contributed by atoms with van der Waals surface area (Å²) in [5.74, 6) is 2.18. The van der Waals surface area contributed by atoms with Crippen molar-refractivity contribution in [2.45, 2.75) is 46.5 Å². The molecule has 1 saturated carbocycles. The number of fused-ring (bicyclic) bond motifs is 1. The number of hydrogen-bond acceptors (Lipinski definition) is 1. The van der Waals surface area contributed by atoms with Gasteiger partial charge in [-0.3, -0.25) is 4.79 Å².